The van der Waals surface area contributed by atoms with Crippen LogP contribution >= 0.6 is 0 Å². The summed E-state index contributed by atoms with van der Waals surface area (Å²) in [6.07, 6.45) is 1.89. The van der Waals surface area contributed by atoms with Gasteiger partial charge in [-0.2, -0.15) is 0 Å². The number of Topliss-reactive ketones (excluding diaryl/α,β-unsaturated/α-hetero) is 2. The Labute approximate surface area is 192 Å². The van der Waals surface area contributed by atoms with Gasteiger partial charge in [0, 0.05) is 53.3 Å². The number of aromatic amines is 1. The van der Waals surface area contributed by atoms with Crippen LogP contribution in [0.5, 0.6) is 5.75 Å². The average molecular weight is 448 g/mol. The summed E-state index contributed by atoms with van der Waals surface area (Å²) < 4.78 is 11.7. The first-order chi connectivity index (χ1) is 15.5. The first kappa shape index (κ1) is 21.7. The maximum Gasteiger partial charge on any atom is 0.252 e. The van der Waals surface area contributed by atoms with Gasteiger partial charge in [0.25, 0.3) is 5.56 Å². The van der Waals surface area contributed by atoms with Crippen LogP contribution in [0.1, 0.15) is 64.9 Å². The molecule has 6 heteroatoms. The van der Waals surface area contributed by atoms with E-state index in [0.29, 0.717) is 65.2 Å². The van der Waals surface area contributed by atoms with Gasteiger partial charge in [-0.25, -0.2) is 0 Å². The molecule has 1 aromatic heterocycles. The van der Waals surface area contributed by atoms with Crippen LogP contribution < -0.4 is 10.3 Å². The monoisotopic (exact) mass is 447 g/mol. The number of ketones is 2. The Balaban J connectivity index is 1.77. The number of carbonyl (C=O) groups excluding carboxylic acids is 2. The molecule has 0 fully saturated rings. The van der Waals surface area contributed by atoms with Crippen LogP contribution in [-0.2, 0) is 14.3 Å². The van der Waals surface area contributed by atoms with Crippen LogP contribution in [-0.4, -0.2) is 23.7 Å². The first-order valence-electron chi connectivity index (χ1n) is 11.4. The van der Waals surface area contributed by atoms with Crippen LogP contribution in [0.15, 0.2) is 51.7 Å². The molecule has 0 spiro atoms. The van der Waals surface area contributed by atoms with E-state index in [2.05, 4.69) is 4.98 Å². The smallest absolute Gasteiger partial charge is 0.252 e. The number of H-pyrrole nitrogens is 1. The molecule has 2 heterocycles. The van der Waals surface area contributed by atoms with Crippen molar-refractivity contribution in [3.63, 3.8) is 0 Å². The zero-order valence-corrected chi connectivity index (χ0v) is 19.8. The van der Waals surface area contributed by atoms with Crippen LogP contribution in [0.3, 0.4) is 0 Å². The number of hydrogen-bond acceptors (Lipinski definition) is 5. The molecule has 1 aliphatic heterocycles. The molecule has 1 N–H and O–H groups in total. The number of allylic oxidation sites excluding steroid dienone is 4. The predicted molar refractivity (Wildman–Crippen MR) is 125 cm³/mol. The molecular weight excluding hydrogens is 418 g/mol. The summed E-state index contributed by atoms with van der Waals surface area (Å²) in [6.45, 7) is 8.17. The zero-order valence-electron chi connectivity index (χ0n) is 19.8. The Morgan fingerprint density at radius 3 is 2.00 bits per heavy atom. The highest BCUT2D eigenvalue weighted by atomic mass is 16.5. The van der Waals surface area contributed by atoms with Gasteiger partial charge >= 0.3 is 0 Å². The standard InChI is InChI=1S/C27H29NO5/c1-26(2)10-18(29)23-20(12-26)33-21-13-27(3,4)11-19(30)24(21)22(23)16-9-14-8-15(32-5)6-7-17(14)28-25(16)31/h6-9,22H,10-13H2,1-5H3,(H,28,31). The molecule has 3 aliphatic rings. The molecule has 0 radical (unpaired) electrons. The number of ether oxygens (including phenoxy) is 2. The molecule has 2 aliphatic carbocycles. The second kappa shape index (κ2) is 7.17. The molecule has 0 unspecified atom stereocenters. The lowest BCUT2D eigenvalue weighted by Crippen LogP contribution is -2.39. The third-order valence-electron chi connectivity index (χ3n) is 6.97. The number of methoxy groups -OCH3 is 1. The lowest BCUT2D eigenvalue weighted by Gasteiger charge is -2.42. The summed E-state index contributed by atoms with van der Waals surface area (Å²) in [6, 6.07) is 7.21. The van der Waals surface area contributed by atoms with Crippen molar-refractivity contribution < 1.29 is 19.1 Å². The van der Waals surface area contributed by atoms with Gasteiger partial charge < -0.3 is 14.5 Å². The third kappa shape index (κ3) is 3.62. The number of aromatic nitrogens is 1. The Hall–Kier alpha value is -3.15. The molecule has 5 rings (SSSR count). The zero-order chi connectivity index (χ0) is 23.7. The number of pyridine rings is 1. The van der Waals surface area contributed by atoms with Crippen molar-refractivity contribution in [3.05, 3.63) is 62.8 Å². The van der Waals surface area contributed by atoms with E-state index in [0.717, 1.165) is 5.39 Å². The fourth-order valence-electron chi connectivity index (χ4n) is 5.53. The van der Waals surface area contributed by atoms with Crippen LogP contribution in [0.4, 0.5) is 0 Å². The lowest BCUT2D eigenvalue weighted by molar-refractivity contribution is -0.120. The molecule has 0 saturated carbocycles. The van der Waals surface area contributed by atoms with Crippen LogP contribution in [0, 0.1) is 10.8 Å². The number of benzene rings is 1. The lowest BCUT2D eigenvalue weighted by atomic mass is 9.65. The molecule has 1 aromatic carbocycles. The highest BCUT2D eigenvalue weighted by Gasteiger charge is 2.48. The Bertz CT molecular complexity index is 1290. The van der Waals surface area contributed by atoms with Crippen LogP contribution in [0.2, 0.25) is 0 Å². The van der Waals surface area contributed by atoms with Crippen molar-refractivity contribution in [2.24, 2.45) is 10.8 Å². The van der Waals surface area contributed by atoms with E-state index in [1.807, 2.05) is 33.8 Å². The number of nitrogens with one attached hydrogen (secondary N) is 1. The van der Waals surface area contributed by atoms with Gasteiger partial charge in [-0.15, -0.1) is 0 Å². The fourth-order valence-corrected chi connectivity index (χ4v) is 5.53. The van der Waals surface area contributed by atoms with Gasteiger partial charge in [0.15, 0.2) is 11.6 Å². The van der Waals surface area contributed by atoms with Crippen molar-refractivity contribution in [2.75, 3.05) is 7.11 Å². The second-order valence-electron chi connectivity index (χ2n) is 11.1. The van der Waals surface area contributed by atoms with Gasteiger partial charge in [-0.05, 0) is 35.1 Å². The summed E-state index contributed by atoms with van der Waals surface area (Å²) >= 11 is 0. The maximum absolute atomic E-state index is 13.4. The number of fused-ring (bicyclic) bond motifs is 1. The Morgan fingerprint density at radius 1 is 0.879 bits per heavy atom. The molecule has 6 nitrogen and oxygen atoms in total. The van der Waals surface area contributed by atoms with Gasteiger partial charge in [0.2, 0.25) is 0 Å². The van der Waals surface area contributed by atoms with Gasteiger partial charge in [-0.3, -0.25) is 14.4 Å². The number of hydrogen-bond donors (Lipinski definition) is 1. The SMILES string of the molecule is COc1ccc2[nH]c(=O)c(C3C4=C(CC(C)(C)CC4=O)OC4=C3C(=O)CC(C)(C)C4)cc2c1. The van der Waals surface area contributed by atoms with E-state index in [-0.39, 0.29) is 28.0 Å². The van der Waals surface area contributed by atoms with Crippen LogP contribution in [0.25, 0.3) is 10.9 Å². The summed E-state index contributed by atoms with van der Waals surface area (Å²) in [5.74, 6) is 1.06. The minimum absolute atomic E-state index is 0.0550. The summed E-state index contributed by atoms with van der Waals surface area (Å²) in [4.78, 5) is 43.1. The van der Waals surface area contributed by atoms with E-state index < -0.39 is 5.92 Å². The van der Waals surface area contributed by atoms with Crippen molar-refractivity contribution in [2.45, 2.75) is 59.3 Å². The highest BCUT2D eigenvalue weighted by molar-refractivity contribution is 6.06. The molecule has 33 heavy (non-hydrogen) atoms. The molecule has 172 valence electrons. The molecule has 0 saturated heterocycles. The summed E-state index contributed by atoms with van der Waals surface area (Å²) in [5.41, 5.74) is 1.23. The normalized spacial score (nSPS) is 22.2. The van der Waals surface area contributed by atoms with Crippen molar-refractivity contribution in [1.29, 1.82) is 0 Å². The maximum atomic E-state index is 13.4. The Kier molecular flexibility index (Phi) is 4.71. The summed E-state index contributed by atoms with van der Waals surface area (Å²) in [7, 11) is 1.59. The van der Waals surface area contributed by atoms with Crippen molar-refractivity contribution in [1.82, 2.24) is 4.98 Å². The fraction of sp³-hybridized carbons (Fsp3) is 0.444. The van der Waals surface area contributed by atoms with E-state index in [1.165, 1.54) is 0 Å². The van der Waals surface area contributed by atoms with Gasteiger partial charge in [-0.1, -0.05) is 27.7 Å². The molecular formula is C27H29NO5. The average Bonchev–Trinajstić information content (AvgIpc) is 2.69. The van der Waals surface area contributed by atoms with E-state index in [4.69, 9.17) is 9.47 Å². The molecule has 0 amide bonds. The van der Waals surface area contributed by atoms with E-state index >= 15 is 0 Å². The molecule has 0 atom stereocenters. The van der Waals surface area contributed by atoms with E-state index in [1.54, 1.807) is 25.3 Å². The van der Waals surface area contributed by atoms with Gasteiger partial charge in [0.1, 0.15) is 17.3 Å². The topological polar surface area (TPSA) is 85.5 Å². The first-order valence-corrected chi connectivity index (χ1v) is 11.4. The predicted octanol–water partition coefficient (Wildman–Crippen LogP) is 4.94. The largest absolute Gasteiger partial charge is 0.497 e. The second-order valence-corrected chi connectivity index (χ2v) is 11.1. The van der Waals surface area contributed by atoms with E-state index in [9.17, 15) is 14.4 Å². The quantitative estimate of drug-likeness (QED) is 0.705. The molecule has 0 bridgehead atoms. The third-order valence-corrected chi connectivity index (χ3v) is 6.97. The summed E-state index contributed by atoms with van der Waals surface area (Å²) in [5, 5.41) is 0.784. The molecule has 2 aromatic rings. The van der Waals surface area contributed by atoms with Crippen molar-refractivity contribution in [3.8, 4) is 5.75 Å². The van der Waals surface area contributed by atoms with Gasteiger partial charge in [0.05, 0.1) is 13.0 Å². The minimum atomic E-state index is -0.713. The highest BCUT2D eigenvalue weighted by Crippen LogP contribution is 2.52. The minimum Gasteiger partial charge on any atom is -0.497 e. The number of rotatable bonds is 2. The number of carbonyl (C=O) groups is 2. The van der Waals surface area contributed by atoms with Crippen molar-refractivity contribution >= 4 is 22.5 Å². The Morgan fingerprint density at radius 2 is 1.45 bits per heavy atom.